The first-order valence-corrected chi connectivity index (χ1v) is 9.78. The van der Waals surface area contributed by atoms with E-state index < -0.39 is 6.04 Å². The van der Waals surface area contributed by atoms with Gasteiger partial charge in [-0.2, -0.15) is 10.5 Å². The fourth-order valence-electron chi connectivity index (χ4n) is 3.45. The number of benzene rings is 1. The molecule has 0 bridgehead atoms. The second-order valence-corrected chi connectivity index (χ2v) is 6.98. The summed E-state index contributed by atoms with van der Waals surface area (Å²) >= 11 is 0. The molecular weight excluding hydrogens is 408 g/mol. The van der Waals surface area contributed by atoms with Crippen LogP contribution in [0, 0.1) is 22.8 Å². The molecule has 0 radical (unpaired) electrons. The second-order valence-electron chi connectivity index (χ2n) is 6.98. The Morgan fingerprint density at radius 2 is 2.16 bits per heavy atom. The minimum atomic E-state index is -0.614. The molecule has 11 heteroatoms. The maximum Gasteiger partial charge on any atom is 0.211 e. The number of nitriles is 2. The lowest BCUT2D eigenvalue weighted by Crippen LogP contribution is -2.32. The Morgan fingerprint density at radius 1 is 1.28 bits per heavy atom. The van der Waals surface area contributed by atoms with Crippen molar-refractivity contribution < 1.29 is 4.74 Å². The summed E-state index contributed by atoms with van der Waals surface area (Å²) in [5, 5.41) is 23.8. The summed E-state index contributed by atoms with van der Waals surface area (Å²) in [5.74, 6) is 1.21. The van der Waals surface area contributed by atoms with Crippen LogP contribution in [-0.4, -0.2) is 27.1 Å². The van der Waals surface area contributed by atoms with Crippen molar-refractivity contribution in [1.29, 1.82) is 10.5 Å². The molecule has 0 fully saturated rings. The molecule has 1 aromatic carbocycles. The number of guanidine groups is 1. The molecule has 3 heterocycles. The van der Waals surface area contributed by atoms with E-state index in [1.54, 1.807) is 12.5 Å². The number of anilines is 3. The van der Waals surface area contributed by atoms with Crippen LogP contribution in [0.5, 0.6) is 5.75 Å². The molecule has 4 rings (SSSR count). The molecule has 11 nitrogen and oxygen atoms in total. The molecule has 1 unspecified atom stereocenters. The summed E-state index contributed by atoms with van der Waals surface area (Å²) in [4.78, 5) is 12.8. The number of rotatable bonds is 6. The zero-order valence-corrected chi connectivity index (χ0v) is 17.0. The highest BCUT2D eigenvalue weighted by atomic mass is 16.5. The molecule has 2 aromatic heterocycles. The van der Waals surface area contributed by atoms with E-state index in [1.807, 2.05) is 47.3 Å². The van der Waals surface area contributed by atoms with Crippen LogP contribution in [-0.2, 0) is 6.54 Å². The van der Waals surface area contributed by atoms with Crippen LogP contribution in [0.2, 0.25) is 0 Å². The molecule has 0 spiro atoms. The minimum Gasteiger partial charge on any atom is -0.494 e. The average molecular weight is 428 g/mol. The average Bonchev–Trinajstić information content (AvgIpc) is 3.30. The van der Waals surface area contributed by atoms with E-state index in [0.29, 0.717) is 23.7 Å². The molecule has 1 atom stereocenters. The zero-order valence-electron chi connectivity index (χ0n) is 17.0. The van der Waals surface area contributed by atoms with Gasteiger partial charge in [0.25, 0.3) is 0 Å². The summed E-state index contributed by atoms with van der Waals surface area (Å²) < 4.78 is 7.89. The van der Waals surface area contributed by atoms with Gasteiger partial charge in [-0.25, -0.2) is 15.0 Å². The summed E-state index contributed by atoms with van der Waals surface area (Å²) in [7, 11) is 0. The van der Waals surface area contributed by atoms with Crippen molar-refractivity contribution in [3.63, 3.8) is 0 Å². The third-order valence-corrected chi connectivity index (χ3v) is 4.92. The molecule has 32 heavy (non-hydrogen) atoms. The maximum atomic E-state index is 9.44. The predicted molar refractivity (Wildman–Crippen MR) is 118 cm³/mol. The number of fused-ring (bicyclic) bond motifs is 1. The van der Waals surface area contributed by atoms with Crippen molar-refractivity contribution in [2.24, 2.45) is 4.99 Å². The van der Waals surface area contributed by atoms with E-state index in [0.717, 1.165) is 18.5 Å². The van der Waals surface area contributed by atoms with Crippen LogP contribution >= 0.6 is 0 Å². The SMILES string of the molecule is N#CNC1=NC(c2cccc(OCCCn3ccnc3)c2)c2c(nc(N)c(C#N)c2N)N1. The third kappa shape index (κ3) is 4.08. The summed E-state index contributed by atoms with van der Waals surface area (Å²) in [6.07, 6.45) is 8.05. The quantitative estimate of drug-likeness (QED) is 0.259. The number of aliphatic imine (C=N–C) groups is 1. The van der Waals surface area contributed by atoms with Crippen LogP contribution in [0.3, 0.4) is 0 Å². The van der Waals surface area contributed by atoms with Gasteiger partial charge in [0.05, 0.1) is 18.6 Å². The Bertz CT molecular complexity index is 1240. The van der Waals surface area contributed by atoms with Gasteiger partial charge < -0.3 is 26.1 Å². The smallest absolute Gasteiger partial charge is 0.211 e. The van der Waals surface area contributed by atoms with Crippen LogP contribution in [0.25, 0.3) is 0 Å². The normalized spacial score (nSPS) is 14.3. The largest absolute Gasteiger partial charge is 0.494 e. The van der Waals surface area contributed by atoms with Gasteiger partial charge in [-0.05, 0) is 24.1 Å². The number of imidazole rings is 1. The van der Waals surface area contributed by atoms with E-state index in [9.17, 15) is 5.26 Å². The molecule has 3 aromatic rings. The first-order valence-electron chi connectivity index (χ1n) is 9.78. The van der Waals surface area contributed by atoms with Crippen molar-refractivity contribution in [3.05, 3.63) is 59.7 Å². The number of nitrogens with one attached hydrogen (secondary N) is 2. The summed E-state index contributed by atoms with van der Waals surface area (Å²) in [6.45, 7) is 1.32. The highest BCUT2D eigenvalue weighted by molar-refractivity contribution is 5.98. The Balaban J connectivity index is 1.61. The number of pyridine rings is 1. The van der Waals surface area contributed by atoms with Gasteiger partial charge in [-0.1, -0.05) is 12.1 Å². The van der Waals surface area contributed by atoms with Crippen molar-refractivity contribution in [2.45, 2.75) is 19.0 Å². The van der Waals surface area contributed by atoms with Crippen molar-refractivity contribution in [3.8, 4) is 18.0 Å². The monoisotopic (exact) mass is 428 g/mol. The molecular formula is C21H20N10O. The molecule has 0 aliphatic carbocycles. The Labute approximate surface area is 184 Å². The number of ether oxygens (including phenoxy) is 1. The Hall–Kier alpha value is -4.77. The number of hydrogen-bond acceptors (Lipinski definition) is 10. The van der Waals surface area contributed by atoms with E-state index in [2.05, 4.69) is 25.6 Å². The topological polar surface area (TPSA) is 176 Å². The van der Waals surface area contributed by atoms with E-state index in [-0.39, 0.29) is 23.0 Å². The van der Waals surface area contributed by atoms with Crippen LogP contribution in [0.4, 0.5) is 17.3 Å². The van der Waals surface area contributed by atoms with Gasteiger partial charge >= 0.3 is 0 Å². The van der Waals surface area contributed by atoms with Gasteiger partial charge in [0.15, 0.2) is 6.19 Å². The van der Waals surface area contributed by atoms with Crippen LogP contribution < -0.4 is 26.8 Å². The van der Waals surface area contributed by atoms with Crippen LogP contribution in [0.1, 0.15) is 29.2 Å². The summed E-state index contributed by atoms with van der Waals surface area (Å²) in [5.41, 5.74) is 13.7. The molecule has 1 aliphatic heterocycles. The third-order valence-electron chi connectivity index (χ3n) is 4.92. The molecule has 6 N–H and O–H groups in total. The second kappa shape index (κ2) is 8.93. The number of hydrogen-bond donors (Lipinski definition) is 4. The highest BCUT2D eigenvalue weighted by Crippen LogP contribution is 2.41. The highest BCUT2D eigenvalue weighted by Gasteiger charge is 2.29. The fourth-order valence-corrected chi connectivity index (χ4v) is 3.45. The van der Waals surface area contributed by atoms with Gasteiger partial charge in [-0.15, -0.1) is 0 Å². The van der Waals surface area contributed by atoms with E-state index in [1.165, 1.54) is 0 Å². The van der Waals surface area contributed by atoms with Gasteiger partial charge in [0.2, 0.25) is 5.96 Å². The molecule has 0 saturated carbocycles. The number of nitrogen functional groups attached to an aromatic ring is 2. The van der Waals surface area contributed by atoms with Crippen molar-refractivity contribution >= 4 is 23.3 Å². The maximum absolute atomic E-state index is 9.44. The van der Waals surface area contributed by atoms with Crippen molar-refractivity contribution in [1.82, 2.24) is 19.9 Å². The Morgan fingerprint density at radius 3 is 2.91 bits per heavy atom. The zero-order chi connectivity index (χ0) is 22.5. The van der Waals surface area contributed by atoms with Crippen molar-refractivity contribution in [2.75, 3.05) is 23.4 Å². The molecule has 0 saturated heterocycles. The number of aromatic nitrogens is 3. The Kier molecular flexibility index (Phi) is 5.72. The number of aryl methyl sites for hydroxylation is 1. The number of nitrogens with two attached hydrogens (primary N) is 2. The van der Waals surface area contributed by atoms with Gasteiger partial charge in [0, 0.05) is 24.5 Å². The lowest BCUT2D eigenvalue weighted by atomic mass is 9.95. The first kappa shape index (κ1) is 20.5. The van der Waals surface area contributed by atoms with E-state index in [4.69, 9.17) is 21.5 Å². The standard InChI is InChI=1S/C21H20N10O/c22-10-15-17(24)16-18(28-21(27-11-23)30-20(16)29-19(15)25)13-3-1-4-14(9-13)32-8-2-6-31-7-5-26-12-31/h1,3-5,7,9,12,18H,2,6,8H2,(H6,24,25,27,28,29,30). The van der Waals surface area contributed by atoms with E-state index >= 15 is 0 Å². The van der Waals surface area contributed by atoms with Crippen LogP contribution in [0.15, 0.2) is 48.0 Å². The molecule has 1 aliphatic rings. The minimum absolute atomic E-state index is 0.00295. The fraction of sp³-hybridized carbons (Fsp3) is 0.190. The first-order chi connectivity index (χ1) is 15.6. The summed E-state index contributed by atoms with van der Waals surface area (Å²) in [6, 6.07) is 8.80. The number of nitrogens with zero attached hydrogens (tertiary/aromatic N) is 6. The molecule has 160 valence electrons. The predicted octanol–water partition coefficient (Wildman–Crippen LogP) is 1.72. The van der Waals surface area contributed by atoms with Gasteiger partial charge in [-0.3, -0.25) is 5.32 Å². The van der Waals surface area contributed by atoms with Gasteiger partial charge in [0.1, 0.15) is 35.1 Å². The molecule has 0 amide bonds. The lowest BCUT2D eigenvalue weighted by Gasteiger charge is -2.26. The lowest BCUT2D eigenvalue weighted by molar-refractivity contribution is 0.301.